The summed E-state index contributed by atoms with van der Waals surface area (Å²) in [7, 11) is 0. The lowest BCUT2D eigenvalue weighted by Crippen LogP contribution is -2.25. The van der Waals surface area contributed by atoms with Gasteiger partial charge in [-0.1, -0.05) is 23.3 Å². The van der Waals surface area contributed by atoms with Gasteiger partial charge in [0, 0.05) is 31.2 Å². The van der Waals surface area contributed by atoms with Gasteiger partial charge in [-0.2, -0.15) is 0 Å². The number of H-pyrrole nitrogens is 1. The van der Waals surface area contributed by atoms with E-state index in [9.17, 15) is 0 Å². The maximum atomic E-state index is 6.22. The number of aromatic nitrogens is 2. The Kier molecular flexibility index (Phi) is 3.71. The molecule has 0 spiro atoms. The van der Waals surface area contributed by atoms with Crippen LogP contribution in [0.5, 0.6) is 0 Å². The molecule has 0 atom stereocenters. The van der Waals surface area contributed by atoms with E-state index in [1.807, 2.05) is 6.07 Å². The highest BCUT2D eigenvalue weighted by atomic mass is 35.5. The van der Waals surface area contributed by atoms with Gasteiger partial charge in [0.1, 0.15) is 0 Å². The minimum absolute atomic E-state index is 0.764. The van der Waals surface area contributed by atoms with E-state index in [1.165, 1.54) is 16.7 Å². The van der Waals surface area contributed by atoms with Gasteiger partial charge in [0.15, 0.2) is 4.77 Å². The van der Waals surface area contributed by atoms with Gasteiger partial charge < -0.3 is 9.55 Å². The zero-order valence-electron chi connectivity index (χ0n) is 11.7. The molecule has 0 amide bonds. The highest BCUT2D eigenvalue weighted by Gasteiger charge is 2.17. The van der Waals surface area contributed by atoms with E-state index in [1.54, 1.807) is 0 Å². The Bertz CT molecular complexity index is 737. The number of nitrogens with zero attached hydrogens (tertiary/aromatic N) is 2. The molecule has 5 heteroatoms. The number of benzene rings is 1. The Labute approximate surface area is 128 Å². The van der Waals surface area contributed by atoms with E-state index in [4.69, 9.17) is 23.8 Å². The van der Waals surface area contributed by atoms with Crippen molar-refractivity contribution in [3.63, 3.8) is 0 Å². The van der Waals surface area contributed by atoms with E-state index in [2.05, 4.69) is 40.4 Å². The first-order valence-corrected chi connectivity index (χ1v) is 7.60. The van der Waals surface area contributed by atoms with E-state index in [0.717, 1.165) is 41.5 Å². The minimum atomic E-state index is 0.764. The molecular weight excluding hydrogens is 290 g/mol. The van der Waals surface area contributed by atoms with Gasteiger partial charge in [-0.25, -0.2) is 0 Å². The van der Waals surface area contributed by atoms with Crippen LogP contribution in [-0.2, 0) is 13.1 Å². The van der Waals surface area contributed by atoms with E-state index < -0.39 is 0 Å². The molecule has 0 saturated heterocycles. The third-order valence-electron chi connectivity index (χ3n) is 3.70. The molecule has 2 aromatic rings. The SMILES string of the molecule is CC(C)=CCN1CCn2c(=S)[nH]c3cc(Cl)cc(c32)C1. The summed E-state index contributed by atoms with van der Waals surface area (Å²) in [5.41, 5.74) is 4.85. The zero-order chi connectivity index (χ0) is 14.3. The summed E-state index contributed by atoms with van der Waals surface area (Å²) in [6, 6.07) is 4.02. The summed E-state index contributed by atoms with van der Waals surface area (Å²) in [6.45, 7) is 8.07. The molecule has 0 unspecified atom stereocenters. The van der Waals surface area contributed by atoms with Gasteiger partial charge in [-0.3, -0.25) is 4.90 Å². The number of nitrogens with one attached hydrogen (secondary N) is 1. The normalized spacial score (nSPS) is 15.3. The Morgan fingerprint density at radius 1 is 1.40 bits per heavy atom. The van der Waals surface area contributed by atoms with Crippen molar-refractivity contribution >= 4 is 34.9 Å². The lowest BCUT2D eigenvalue weighted by Gasteiger charge is -2.18. The Morgan fingerprint density at radius 2 is 2.20 bits per heavy atom. The first kappa shape index (κ1) is 13.9. The van der Waals surface area contributed by atoms with Gasteiger partial charge in [0.05, 0.1) is 11.0 Å². The third kappa shape index (κ3) is 2.55. The van der Waals surface area contributed by atoms with Crippen LogP contribution in [0.1, 0.15) is 19.4 Å². The van der Waals surface area contributed by atoms with Crippen LogP contribution >= 0.6 is 23.8 Å². The lowest BCUT2D eigenvalue weighted by molar-refractivity contribution is 0.290. The fourth-order valence-electron chi connectivity index (χ4n) is 2.72. The summed E-state index contributed by atoms with van der Waals surface area (Å²) in [5.74, 6) is 0. The molecule has 1 N–H and O–H groups in total. The Balaban J connectivity index is 2.05. The van der Waals surface area contributed by atoms with Gasteiger partial charge in [0.25, 0.3) is 0 Å². The molecule has 1 aromatic carbocycles. The van der Waals surface area contributed by atoms with Crippen LogP contribution in [0.4, 0.5) is 0 Å². The monoisotopic (exact) mass is 307 g/mol. The zero-order valence-corrected chi connectivity index (χ0v) is 13.3. The Morgan fingerprint density at radius 3 is 2.95 bits per heavy atom. The molecule has 0 radical (unpaired) electrons. The summed E-state index contributed by atoms with van der Waals surface area (Å²) in [6.07, 6.45) is 2.27. The number of rotatable bonds is 2. The molecule has 1 aromatic heterocycles. The number of halogens is 1. The molecule has 106 valence electrons. The number of hydrogen-bond acceptors (Lipinski definition) is 2. The van der Waals surface area contributed by atoms with Gasteiger partial charge in [-0.15, -0.1) is 0 Å². The highest BCUT2D eigenvalue weighted by molar-refractivity contribution is 7.71. The molecule has 2 heterocycles. The standard InChI is InChI=1S/C15H18ClN3S/c1-10(2)3-4-18-5-6-19-14-11(9-18)7-12(16)8-13(14)17-15(19)20/h3,7-8H,4-6,9H2,1-2H3,(H,17,20). The molecular formula is C15H18ClN3S. The van der Waals surface area contributed by atoms with Crippen LogP contribution in [-0.4, -0.2) is 27.5 Å². The summed E-state index contributed by atoms with van der Waals surface area (Å²) in [5, 5.41) is 0.764. The van der Waals surface area contributed by atoms with Crippen LogP contribution in [0, 0.1) is 4.77 Å². The van der Waals surface area contributed by atoms with Crippen molar-refractivity contribution in [1.29, 1.82) is 0 Å². The summed E-state index contributed by atoms with van der Waals surface area (Å²) < 4.78 is 2.98. The molecule has 20 heavy (non-hydrogen) atoms. The first-order chi connectivity index (χ1) is 9.54. The maximum absolute atomic E-state index is 6.22. The molecule has 0 fully saturated rings. The predicted octanol–water partition coefficient (Wildman–Crippen LogP) is 4.13. The topological polar surface area (TPSA) is 24.0 Å². The van der Waals surface area contributed by atoms with Gasteiger partial charge in [0.2, 0.25) is 0 Å². The second-order valence-corrected chi connectivity index (χ2v) is 6.38. The van der Waals surface area contributed by atoms with Crippen molar-refractivity contribution < 1.29 is 0 Å². The van der Waals surface area contributed by atoms with Crippen LogP contribution in [0.25, 0.3) is 11.0 Å². The molecule has 0 saturated carbocycles. The fourth-order valence-corrected chi connectivity index (χ4v) is 3.25. The van der Waals surface area contributed by atoms with E-state index in [0.29, 0.717) is 0 Å². The maximum Gasteiger partial charge on any atom is 0.178 e. The van der Waals surface area contributed by atoms with Gasteiger partial charge in [-0.05, 0) is 43.8 Å². The second-order valence-electron chi connectivity index (χ2n) is 5.56. The molecule has 0 aliphatic carbocycles. The van der Waals surface area contributed by atoms with Crippen molar-refractivity contribution in [1.82, 2.24) is 14.5 Å². The van der Waals surface area contributed by atoms with Crippen molar-refractivity contribution in [3.05, 3.63) is 39.1 Å². The number of imidazole rings is 1. The quantitative estimate of drug-likeness (QED) is 0.666. The van der Waals surface area contributed by atoms with Crippen molar-refractivity contribution in [3.8, 4) is 0 Å². The minimum Gasteiger partial charge on any atom is -0.331 e. The van der Waals surface area contributed by atoms with Crippen LogP contribution < -0.4 is 0 Å². The number of hydrogen-bond donors (Lipinski definition) is 1. The largest absolute Gasteiger partial charge is 0.331 e. The van der Waals surface area contributed by atoms with Gasteiger partial charge >= 0.3 is 0 Å². The summed E-state index contributed by atoms with van der Waals surface area (Å²) >= 11 is 11.7. The number of allylic oxidation sites excluding steroid dienone is 1. The second kappa shape index (κ2) is 5.35. The average molecular weight is 308 g/mol. The van der Waals surface area contributed by atoms with Crippen LogP contribution in [0.3, 0.4) is 0 Å². The molecule has 1 aliphatic rings. The first-order valence-electron chi connectivity index (χ1n) is 6.81. The molecule has 0 bridgehead atoms. The van der Waals surface area contributed by atoms with Crippen LogP contribution in [0.15, 0.2) is 23.8 Å². The smallest absolute Gasteiger partial charge is 0.178 e. The van der Waals surface area contributed by atoms with E-state index >= 15 is 0 Å². The highest BCUT2D eigenvalue weighted by Crippen LogP contribution is 2.27. The Hall–Kier alpha value is -1.10. The molecule has 3 nitrogen and oxygen atoms in total. The average Bonchev–Trinajstić information content (AvgIpc) is 2.56. The fraction of sp³-hybridized carbons (Fsp3) is 0.400. The van der Waals surface area contributed by atoms with E-state index in [-0.39, 0.29) is 0 Å². The predicted molar refractivity (Wildman–Crippen MR) is 86.8 cm³/mol. The van der Waals surface area contributed by atoms with Crippen molar-refractivity contribution in [2.45, 2.75) is 26.9 Å². The number of aromatic amines is 1. The van der Waals surface area contributed by atoms with Crippen LogP contribution in [0.2, 0.25) is 5.02 Å². The third-order valence-corrected chi connectivity index (χ3v) is 4.24. The molecule has 1 aliphatic heterocycles. The molecule has 3 rings (SSSR count). The summed E-state index contributed by atoms with van der Waals surface area (Å²) in [4.78, 5) is 5.69. The van der Waals surface area contributed by atoms with Crippen molar-refractivity contribution in [2.24, 2.45) is 0 Å². The van der Waals surface area contributed by atoms with Crippen molar-refractivity contribution in [2.75, 3.05) is 13.1 Å². The lowest BCUT2D eigenvalue weighted by atomic mass is 10.1.